The van der Waals surface area contributed by atoms with Gasteiger partial charge in [-0.3, -0.25) is 9.59 Å². The number of nitrogens with one attached hydrogen (secondary N) is 1. The predicted molar refractivity (Wildman–Crippen MR) is 92.0 cm³/mol. The normalized spacial score (nSPS) is 20.6. The van der Waals surface area contributed by atoms with Crippen molar-refractivity contribution in [3.05, 3.63) is 35.1 Å². The Morgan fingerprint density at radius 3 is 2.68 bits per heavy atom. The number of rotatable bonds is 4. The van der Waals surface area contributed by atoms with Gasteiger partial charge in [-0.1, -0.05) is 17.8 Å². The Labute approximate surface area is 148 Å². The zero-order chi connectivity index (χ0) is 17.4. The number of carbonyl (C=O) groups excluding carboxylic acids is 2. The Hall–Kier alpha value is -2.35. The van der Waals surface area contributed by atoms with Crippen LogP contribution < -0.4 is 10.2 Å². The smallest absolute Gasteiger partial charge is 0.231 e. The molecule has 1 saturated heterocycles. The standard InChI is InChI=1S/C17H17FN4O2S/c18-12-4-6-13(7-5-12)22-9-11(8-14(22)23)15(24)19-17-21-20-16(25-17)10-2-1-3-10/h4-7,10-11H,1-3,8-9H2,(H,19,21,24). The minimum Gasteiger partial charge on any atom is -0.312 e. The molecule has 25 heavy (non-hydrogen) atoms. The summed E-state index contributed by atoms with van der Waals surface area (Å²) < 4.78 is 13.0. The summed E-state index contributed by atoms with van der Waals surface area (Å²) in [6.45, 7) is 0.282. The van der Waals surface area contributed by atoms with Crippen molar-refractivity contribution < 1.29 is 14.0 Å². The van der Waals surface area contributed by atoms with Crippen molar-refractivity contribution >= 4 is 34.0 Å². The van der Waals surface area contributed by atoms with Crippen LogP contribution in [0.15, 0.2) is 24.3 Å². The van der Waals surface area contributed by atoms with E-state index in [0.29, 0.717) is 16.7 Å². The number of hydrogen-bond acceptors (Lipinski definition) is 5. The third-order valence-corrected chi connectivity index (χ3v) is 5.76. The summed E-state index contributed by atoms with van der Waals surface area (Å²) in [5.74, 6) is -0.699. The van der Waals surface area contributed by atoms with Gasteiger partial charge in [0.15, 0.2) is 0 Å². The first kappa shape index (κ1) is 16.1. The van der Waals surface area contributed by atoms with Crippen LogP contribution in [0, 0.1) is 11.7 Å². The quantitative estimate of drug-likeness (QED) is 0.910. The average molecular weight is 360 g/mol. The van der Waals surface area contributed by atoms with E-state index in [1.165, 1.54) is 34.8 Å². The maximum Gasteiger partial charge on any atom is 0.231 e. The predicted octanol–water partition coefficient (Wildman–Crippen LogP) is 2.94. The molecule has 1 atom stereocenters. The Bertz CT molecular complexity index is 803. The topological polar surface area (TPSA) is 75.2 Å². The summed E-state index contributed by atoms with van der Waals surface area (Å²) >= 11 is 1.41. The molecule has 1 aliphatic carbocycles. The number of carbonyl (C=O) groups is 2. The first-order valence-electron chi connectivity index (χ1n) is 8.30. The molecule has 2 aromatic rings. The summed E-state index contributed by atoms with van der Waals surface area (Å²) in [7, 11) is 0. The molecule has 1 unspecified atom stereocenters. The number of benzene rings is 1. The van der Waals surface area contributed by atoms with Gasteiger partial charge in [0.05, 0.1) is 5.92 Å². The van der Waals surface area contributed by atoms with E-state index in [1.54, 1.807) is 12.1 Å². The van der Waals surface area contributed by atoms with Gasteiger partial charge in [0.25, 0.3) is 0 Å². The molecule has 2 amide bonds. The molecule has 2 heterocycles. The summed E-state index contributed by atoms with van der Waals surface area (Å²) in [5, 5.41) is 12.4. The van der Waals surface area contributed by atoms with E-state index in [2.05, 4.69) is 15.5 Å². The largest absolute Gasteiger partial charge is 0.312 e. The fraction of sp³-hybridized carbons (Fsp3) is 0.412. The van der Waals surface area contributed by atoms with Crippen molar-refractivity contribution in [3.63, 3.8) is 0 Å². The SMILES string of the molecule is O=C(Nc1nnc(C2CCC2)s1)C1CC(=O)N(c2ccc(F)cc2)C1. The maximum atomic E-state index is 13.0. The van der Waals surface area contributed by atoms with Crippen LogP contribution in [0.5, 0.6) is 0 Å². The molecule has 1 saturated carbocycles. The van der Waals surface area contributed by atoms with E-state index in [0.717, 1.165) is 17.8 Å². The molecule has 1 aliphatic heterocycles. The number of hydrogen-bond donors (Lipinski definition) is 1. The van der Waals surface area contributed by atoms with E-state index in [4.69, 9.17) is 0 Å². The summed E-state index contributed by atoms with van der Waals surface area (Å²) in [5.41, 5.74) is 0.602. The van der Waals surface area contributed by atoms with Gasteiger partial charge in [0.2, 0.25) is 16.9 Å². The maximum absolute atomic E-state index is 13.0. The molecule has 1 aromatic heterocycles. The second kappa shape index (κ2) is 6.51. The summed E-state index contributed by atoms with van der Waals surface area (Å²) in [6.07, 6.45) is 3.62. The van der Waals surface area contributed by atoms with Crippen LogP contribution >= 0.6 is 11.3 Å². The Morgan fingerprint density at radius 1 is 1.24 bits per heavy atom. The Kier molecular flexibility index (Phi) is 4.20. The van der Waals surface area contributed by atoms with Crippen LogP contribution in [-0.4, -0.2) is 28.6 Å². The average Bonchev–Trinajstić information content (AvgIpc) is 3.14. The third-order valence-electron chi connectivity index (χ3n) is 4.76. The fourth-order valence-electron chi connectivity index (χ4n) is 3.07. The third kappa shape index (κ3) is 3.26. The zero-order valence-corrected chi connectivity index (χ0v) is 14.3. The Morgan fingerprint density at radius 2 is 2.00 bits per heavy atom. The number of nitrogens with zero attached hydrogens (tertiary/aromatic N) is 3. The van der Waals surface area contributed by atoms with Crippen LogP contribution in [-0.2, 0) is 9.59 Å². The molecule has 1 N–H and O–H groups in total. The first-order valence-corrected chi connectivity index (χ1v) is 9.12. The lowest BCUT2D eigenvalue weighted by molar-refractivity contribution is -0.122. The van der Waals surface area contributed by atoms with Crippen molar-refractivity contribution in [1.29, 1.82) is 0 Å². The minimum atomic E-state index is -0.450. The van der Waals surface area contributed by atoms with E-state index >= 15 is 0 Å². The van der Waals surface area contributed by atoms with Crippen molar-refractivity contribution in [2.45, 2.75) is 31.6 Å². The lowest BCUT2D eigenvalue weighted by atomic mass is 9.86. The van der Waals surface area contributed by atoms with Gasteiger partial charge in [-0.15, -0.1) is 10.2 Å². The highest BCUT2D eigenvalue weighted by Gasteiger charge is 2.35. The van der Waals surface area contributed by atoms with E-state index in [1.807, 2.05) is 0 Å². The highest BCUT2D eigenvalue weighted by atomic mass is 32.1. The van der Waals surface area contributed by atoms with Gasteiger partial charge >= 0.3 is 0 Å². The molecule has 0 spiro atoms. The van der Waals surface area contributed by atoms with Crippen molar-refractivity contribution in [3.8, 4) is 0 Å². The molecule has 0 radical (unpaired) electrons. The minimum absolute atomic E-state index is 0.136. The van der Waals surface area contributed by atoms with E-state index in [9.17, 15) is 14.0 Å². The highest BCUT2D eigenvalue weighted by Crippen LogP contribution is 2.38. The van der Waals surface area contributed by atoms with Crippen molar-refractivity contribution in [2.75, 3.05) is 16.8 Å². The van der Waals surface area contributed by atoms with Gasteiger partial charge < -0.3 is 10.2 Å². The van der Waals surface area contributed by atoms with Crippen LogP contribution in [0.3, 0.4) is 0 Å². The molecule has 1 aromatic carbocycles. The number of halogens is 1. The molecule has 4 rings (SSSR count). The molecular weight excluding hydrogens is 343 g/mol. The summed E-state index contributed by atoms with van der Waals surface area (Å²) in [6, 6.07) is 5.70. The first-order chi connectivity index (χ1) is 12.1. The van der Waals surface area contributed by atoms with Crippen LogP contribution in [0.1, 0.15) is 36.6 Å². The van der Waals surface area contributed by atoms with Crippen LogP contribution in [0.2, 0.25) is 0 Å². The number of aromatic nitrogens is 2. The van der Waals surface area contributed by atoms with Gasteiger partial charge in [0.1, 0.15) is 10.8 Å². The highest BCUT2D eigenvalue weighted by molar-refractivity contribution is 7.15. The van der Waals surface area contributed by atoms with Gasteiger partial charge in [-0.25, -0.2) is 4.39 Å². The second-order valence-corrected chi connectivity index (χ2v) is 7.45. The molecule has 8 heteroatoms. The second-order valence-electron chi connectivity index (χ2n) is 6.44. The van der Waals surface area contributed by atoms with Gasteiger partial charge in [-0.2, -0.15) is 0 Å². The molecule has 0 bridgehead atoms. The monoisotopic (exact) mass is 360 g/mol. The number of anilines is 2. The zero-order valence-electron chi connectivity index (χ0n) is 13.4. The van der Waals surface area contributed by atoms with Gasteiger partial charge in [-0.05, 0) is 37.1 Å². The lowest BCUT2D eigenvalue weighted by Gasteiger charge is -2.21. The van der Waals surface area contributed by atoms with Gasteiger partial charge in [0, 0.05) is 24.6 Å². The molecule has 2 aliphatic rings. The van der Waals surface area contributed by atoms with Crippen LogP contribution in [0.25, 0.3) is 0 Å². The Balaban J connectivity index is 1.40. The molecule has 130 valence electrons. The lowest BCUT2D eigenvalue weighted by Crippen LogP contribution is -2.28. The van der Waals surface area contributed by atoms with Crippen LogP contribution in [0.4, 0.5) is 15.2 Å². The summed E-state index contributed by atoms with van der Waals surface area (Å²) in [4.78, 5) is 26.2. The molecule has 2 fully saturated rings. The molecule has 6 nitrogen and oxygen atoms in total. The van der Waals surface area contributed by atoms with E-state index < -0.39 is 5.92 Å². The fourth-order valence-corrected chi connectivity index (χ4v) is 3.98. The van der Waals surface area contributed by atoms with Crippen molar-refractivity contribution in [1.82, 2.24) is 10.2 Å². The number of amides is 2. The van der Waals surface area contributed by atoms with E-state index in [-0.39, 0.29) is 30.6 Å². The van der Waals surface area contributed by atoms with Crippen molar-refractivity contribution in [2.24, 2.45) is 5.92 Å². The molecular formula is C17H17FN4O2S.